The number of esters is 1. The van der Waals surface area contributed by atoms with E-state index >= 15 is 0 Å². The highest BCUT2D eigenvalue weighted by Crippen LogP contribution is 2.35. The molecular formula is C13H16O5. The van der Waals surface area contributed by atoms with Gasteiger partial charge in [0.2, 0.25) is 0 Å². The molecule has 5 heteroatoms. The van der Waals surface area contributed by atoms with Crippen molar-refractivity contribution in [1.29, 1.82) is 0 Å². The third-order valence-electron chi connectivity index (χ3n) is 2.90. The Morgan fingerprint density at radius 2 is 2.00 bits per heavy atom. The molecule has 1 N–H and O–H groups in total. The van der Waals surface area contributed by atoms with Crippen molar-refractivity contribution in [3.63, 3.8) is 0 Å². The molecule has 1 aliphatic heterocycles. The molecule has 0 aliphatic carbocycles. The van der Waals surface area contributed by atoms with E-state index in [-0.39, 0.29) is 0 Å². The number of hydrogen-bond donors (Lipinski definition) is 1. The lowest BCUT2D eigenvalue weighted by molar-refractivity contribution is -0.150. The van der Waals surface area contributed by atoms with Crippen LogP contribution in [0.5, 0.6) is 11.5 Å². The number of carbonyl (C=O) groups excluding carboxylic acids is 1. The van der Waals surface area contributed by atoms with Crippen LogP contribution in [-0.2, 0) is 16.0 Å². The molecule has 1 aliphatic rings. The van der Waals surface area contributed by atoms with Gasteiger partial charge in [0.15, 0.2) is 17.6 Å². The van der Waals surface area contributed by atoms with Crippen LogP contribution < -0.4 is 9.47 Å². The lowest BCUT2D eigenvalue weighted by Gasteiger charge is -2.22. The molecule has 5 nitrogen and oxygen atoms in total. The van der Waals surface area contributed by atoms with Gasteiger partial charge in [0.05, 0.1) is 7.11 Å². The molecule has 0 saturated heterocycles. The van der Waals surface area contributed by atoms with E-state index in [1.807, 2.05) is 6.92 Å². The number of ether oxygens (including phenoxy) is 3. The van der Waals surface area contributed by atoms with Gasteiger partial charge in [-0.15, -0.1) is 0 Å². The second-order valence-corrected chi connectivity index (χ2v) is 3.97. The zero-order valence-corrected chi connectivity index (χ0v) is 10.4. The molecule has 0 radical (unpaired) electrons. The van der Waals surface area contributed by atoms with Crippen molar-refractivity contribution >= 4 is 5.97 Å². The zero-order chi connectivity index (χ0) is 13.1. The maximum Gasteiger partial charge on any atom is 0.339 e. The molecule has 0 aromatic heterocycles. The van der Waals surface area contributed by atoms with Gasteiger partial charge in [0.25, 0.3) is 0 Å². The minimum Gasteiger partial charge on any atom is -0.486 e. The molecule has 1 aromatic rings. The summed E-state index contributed by atoms with van der Waals surface area (Å²) in [5.41, 5.74) is 1.35. The Morgan fingerprint density at radius 1 is 1.39 bits per heavy atom. The first-order chi connectivity index (χ1) is 8.67. The Morgan fingerprint density at radius 3 is 2.56 bits per heavy atom. The standard InChI is InChI=1S/C13H16O5/c1-3-8-6-10-11(18-5-4-17-10)7-9(8)12(14)13(15)16-2/h6-7,12,14H,3-5H2,1-2H3. The first-order valence-corrected chi connectivity index (χ1v) is 5.85. The quantitative estimate of drug-likeness (QED) is 0.819. The number of aliphatic hydroxyl groups is 1. The summed E-state index contributed by atoms with van der Waals surface area (Å²) in [6.45, 7) is 2.92. The van der Waals surface area contributed by atoms with Crippen molar-refractivity contribution in [3.05, 3.63) is 23.3 Å². The van der Waals surface area contributed by atoms with Gasteiger partial charge in [-0.1, -0.05) is 6.92 Å². The van der Waals surface area contributed by atoms with Gasteiger partial charge in [-0.3, -0.25) is 0 Å². The maximum atomic E-state index is 11.4. The number of aryl methyl sites for hydroxylation is 1. The van der Waals surface area contributed by atoms with Crippen LogP contribution in [0.3, 0.4) is 0 Å². The number of benzene rings is 1. The predicted molar refractivity (Wildman–Crippen MR) is 63.8 cm³/mol. The SMILES string of the molecule is CCc1cc2c(cc1C(O)C(=O)OC)OCCO2. The zero-order valence-electron chi connectivity index (χ0n) is 10.4. The molecule has 0 bridgehead atoms. The van der Waals surface area contributed by atoms with E-state index in [4.69, 9.17) is 9.47 Å². The molecule has 98 valence electrons. The minimum atomic E-state index is -1.29. The Balaban J connectivity index is 2.42. The smallest absolute Gasteiger partial charge is 0.339 e. The summed E-state index contributed by atoms with van der Waals surface area (Å²) >= 11 is 0. The fourth-order valence-electron chi connectivity index (χ4n) is 1.95. The third-order valence-corrected chi connectivity index (χ3v) is 2.90. The van der Waals surface area contributed by atoms with E-state index in [0.717, 1.165) is 5.56 Å². The van der Waals surface area contributed by atoms with E-state index in [1.54, 1.807) is 12.1 Å². The van der Waals surface area contributed by atoms with E-state index in [9.17, 15) is 9.90 Å². The van der Waals surface area contributed by atoms with Gasteiger partial charge in [-0.25, -0.2) is 4.79 Å². The number of fused-ring (bicyclic) bond motifs is 1. The normalized spacial score (nSPS) is 15.1. The van der Waals surface area contributed by atoms with Crippen LogP contribution in [0.4, 0.5) is 0 Å². The summed E-state index contributed by atoms with van der Waals surface area (Å²) in [6.07, 6.45) is -0.610. The lowest BCUT2D eigenvalue weighted by atomic mass is 9.99. The van der Waals surface area contributed by atoms with Crippen LogP contribution in [-0.4, -0.2) is 31.4 Å². The second-order valence-electron chi connectivity index (χ2n) is 3.97. The van der Waals surface area contributed by atoms with E-state index < -0.39 is 12.1 Å². The summed E-state index contributed by atoms with van der Waals surface area (Å²) in [6, 6.07) is 3.45. The van der Waals surface area contributed by atoms with Gasteiger partial charge in [-0.05, 0) is 29.7 Å². The van der Waals surface area contributed by atoms with Gasteiger partial charge in [0.1, 0.15) is 13.2 Å². The van der Waals surface area contributed by atoms with Crippen molar-refractivity contribution in [2.45, 2.75) is 19.4 Å². The molecule has 0 fully saturated rings. The summed E-state index contributed by atoms with van der Waals surface area (Å²) in [4.78, 5) is 11.4. The predicted octanol–water partition coefficient (Wildman–Crippen LogP) is 1.23. The van der Waals surface area contributed by atoms with Crippen LogP contribution in [0.1, 0.15) is 24.2 Å². The summed E-state index contributed by atoms with van der Waals surface area (Å²) in [5.74, 6) is 0.525. The van der Waals surface area contributed by atoms with Crippen LogP contribution in [0.2, 0.25) is 0 Å². The lowest BCUT2D eigenvalue weighted by Crippen LogP contribution is -2.19. The van der Waals surface area contributed by atoms with Crippen LogP contribution in [0.25, 0.3) is 0 Å². The van der Waals surface area contributed by atoms with Gasteiger partial charge < -0.3 is 19.3 Å². The Labute approximate surface area is 105 Å². The van der Waals surface area contributed by atoms with E-state index in [1.165, 1.54) is 7.11 Å². The molecule has 1 aromatic carbocycles. The summed E-state index contributed by atoms with van der Waals surface area (Å²) in [7, 11) is 1.25. The summed E-state index contributed by atoms with van der Waals surface area (Å²) in [5, 5.41) is 9.93. The highest BCUT2D eigenvalue weighted by atomic mass is 16.6. The van der Waals surface area contributed by atoms with Crippen molar-refractivity contribution in [2.24, 2.45) is 0 Å². The largest absolute Gasteiger partial charge is 0.486 e. The maximum absolute atomic E-state index is 11.4. The van der Waals surface area contributed by atoms with Crippen molar-refractivity contribution in [2.75, 3.05) is 20.3 Å². The number of hydrogen-bond acceptors (Lipinski definition) is 5. The molecule has 1 atom stereocenters. The molecule has 1 unspecified atom stereocenters. The highest BCUT2D eigenvalue weighted by molar-refractivity contribution is 5.77. The second kappa shape index (κ2) is 5.27. The molecular weight excluding hydrogens is 236 g/mol. The van der Waals surface area contributed by atoms with Crippen LogP contribution >= 0.6 is 0 Å². The highest BCUT2D eigenvalue weighted by Gasteiger charge is 2.24. The Kier molecular flexibility index (Phi) is 3.72. The molecule has 18 heavy (non-hydrogen) atoms. The number of methoxy groups -OCH3 is 1. The first kappa shape index (κ1) is 12.7. The van der Waals surface area contributed by atoms with E-state index in [2.05, 4.69) is 4.74 Å². The average Bonchev–Trinajstić information content (AvgIpc) is 2.44. The molecule has 2 rings (SSSR count). The fourth-order valence-corrected chi connectivity index (χ4v) is 1.95. The minimum absolute atomic E-state index is 0.465. The van der Waals surface area contributed by atoms with Gasteiger partial charge >= 0.3 is 5.97 Å². The Hall–Kier alpha value is -1.75. The fraction of sp³-hybridized carbons (Fsp3) is 0.462. The van der Waals surface area contributed by atoms with Gasteiger partial charge in [-0.2, -0.15) is 0 Å². The van der Waals surface area contributed by atoms with Gasteiger partial charge in [0, 0.05) is 0 Å². The van der Waals surface area contributed by atoms with Crippen LogP contribution in [0.15, 0.2) is 12.1 Å². The summed E-state index contributed by atoms with van der Waals surface area (Å²) < 4.78 is 15.5. The molecule has 0 amide bonds. The van der Waals surface area contributed by atoms with Crippen molar-refractivity contribution < 1.29 is 24.1 Å². The first-order valence-electron chi connectivity index (χ1n) is 5.85. The average molecular weight is 252 g/mol. The van der Waals surface area contributed by atoms with Crippen molar-refractivity contribution in [3.8, 4) is 11.5 Å². The number of aliphatic hydroxyl groups excluding tert-OH is 1. The van der Waals surface area contributed by atoms with E-state index in [0.29, 0.717) is 36.7 Å². The molecule has 0 saturated carbocycles. The van der Waals surface area contributed by atoms with Crippen molar-refractivity contribution in [1.82, 2.24) is 0 Å². The molecule has 0 spiro atoms. The topological polar surface area (TPSA) is 65.0 Å². The Bertz CT molecular complexity index is 455. The van der Waals surface area contributed by atoms with Crippen LogP contribution in [0, 0.1) is 0 Å². The number of carbonyl (C=O) groups is 1. The third kappa shape index (κ3) is 2.26. The monoisotopic (exact) mass is 252 g/mol. The number of rotatable bonds is 3. The molecule has 1 heterocycles.